The molecule has 0 saturated heterocycles. The summed E-state index contributed by atoms with van der Waals surface area (Å²) in [4.78, 5) is 58.1. The summed E-state index contributed by atoms with van der Waals surface area (Å²) in [5.74, 6) is 2.78. The Morgan fingerprint density at radius 2 is 1.20 bits per heavy atom. The quantitative estimate of drug-likeness (QED) is 0.0668. The molecule has 0 aromatic rings. The molecule has 0 rings (SSSR count). The Labute approximate surface area is 169 Å². The van der Waals surface area contributed by atoms with Crippen molar-refractivity contribution in [2.24, 2.45) is 23.2 Å². The van der Waals surface area contributed by atoms with Gasteiger partial charge >= 0.3 is 29.8 Å². The van der Waals surface area contributed by atoms with Crippen LogP contribution in [0.25, 0.3) is 0 Å². The zero-order chi connectivity index (χ0) is 23.9. The smallest absolute Gasteiger partial charge is 0.317 e. The van der Waals surface area contributed by atoms with E-state index in [0.29, 0.717) is 4.90 Å². The van der Waals surface area contributed by atoms with Gasteiger partial charge in [-0.05, 0) is 0 Å². The highest BCUT2D eigenvalue weighted by atomic mass is 16.4. The minimum Gasteiger partial charge on any atom is -0.481 e. The number of rotatable bonds is 15. The van der Waals surface area contributed by atoms with E-state index in [1.807, 2.05) is 0 Å². The summed E-state index contributed by atoms with van der Waals surface area (Å²) in [6.45, 7) is -1.71. The SMILES string of the molecule is NCC(CC(=O)O)N(CC(=O)O)C(CC(=O)O)(CC(=O)O)C(N)(CC(=O)O)N(N)N. The van der Waals surface area contributed by atoms with Crippen molar-refractivity contribution in [1.82, 2.24) is 10.0 Å². The first-order valence-electron chi connectivity index (χ1n) is 8.27. The van der Waals surface area contributed by atoms with Gasteiger partial charge in [0.15, 0.2) is 0 Å². The largest absolute Gasteiger partial charge is 0.481 e. The standard InChI is InChI=1S/C14H26N6O10/c15-5-7(1-8(21)22)19(6-12(29)30)13(2-9(23)24,3-10(25)26)14(16,20(17)18)4-11(27)28/h7H,1-6,15-18H2,(H,21,22)(H,23,24)(H,25,26)(H,27,28)(H,29,30). The number of hydrogen-bond donors (Lipinski definition) is 9. The van der Waals surface area contributed by atoms with Gasteiger partial charge in [-0.15, -0.1) is 0 Å². The van der Waals surface area contributed by atoms with Gasteiger partial charge < -0.3 is 37.0 Å². The molecule has 0 heterocycles. The van der Waals surface area contributed by atoms with Crippen molar-refractivity contribution in [1.29, 1.82) is 0 Å². The molecule has 0 aliphatic heterocycles. The van der Waals surface area contributed by atoms with Crippen LogP contribution in [0.1, 0.15) is 25.7 Å². The molecule has 172 valence electrons. The van der Waals surface area contributed by atoms with Crippen LogP contribution < -0.4 is 23.2 Å². The molecular formula is C14H26N6O10. The van der Waals surface area contributed by atoms with E-state index in [-0.39, 0.29) is 5.12 Å². The van der Waals surface area contributed by atoms with Crippen LogP contribution >= 0.6 is 0 Å². The first-order valence-corrected chi connectivity index (χ1v) is 8.27. The molecule has 16 nitrogen and oxygen atoms in total. The molecule has 2 unspecified atom stereocenters. The maximum absolute atomic E-state index is 11.7. The Morgan fingerprint density at radius 3 is 1.47 bits per heavy atom. The Morgan fingerprint density at radius 1 is 0.767 bits per heavy atom. The Bertz CT molecular complexity index is 670. The average Bonchev–Trinajstić information content (AvgIpc) is 2.54. The van der Waals surface area contributed by atoms with Gasteiger partial charge in [0.1, 0.15) is 5.66 Å². The number of carboxylic acid groups (broad SMARTS) is 5. The van der Waals surface area contributed by atoms with E-state index in [0.717, 1.165) is 0 Å². The second-order valence-corrected chi connectivity index (χ2v) is 6.58. The third kappa shape index (κ3) is 6.58. The lowest BCUT2D eigenvalue weighted by molar-refractivity contribution is -0.173. The van der Waals surface area contributed by atoms with Crippen LogP contribution in [0.4, 0.5) is 0 Å². The van der Waals surface area contributed by atoms with Crippen LogP contribution in [0.3, 0.4) is 0 Å². The van der Waals surface area contributed by atoms with Gasteiger partial charge in [-0.1, -0.05) is 0 Å². The second-order valence-electron chi connectivity index (χ2n) is 6.58. The van der Waals surface area contributed by atoms with Crippen molar-refractivity contribution in [2.45, 2.75) is 42.9 Å². The molecule has 13 N–H and O–H groups in total. The minimum absolute atomic E-state index is 0.0796. The lowest BCUT2D eigenvalue weighted by Crippen LogP contribution is -2.81. The van der Waals surface area contributed by atoms with Crippen LogP contribution in [0.5, 0.6) is 0 Å². The molecule has 0 spiro atoms. The lowest BCUT2D eigenvalue weighted by atomic mass is 9.73. The number of carboxylic acids is 5. The van der Waals surface area contributed by atoms with Crippen LogP contribution in [-0.2, 0) is 24.0 Å². The van der Waals surface area contributed by atoms with Gasteiger partial charge in [-0.2, -0.15) is 5.12 Å². The Balaban J connectivity index is 7.20. The van der Waals surface area contributed by atoms with E-state index in [4.69, 9.17) is 28.3 Å². The number of aliphatic carboxylic acids is 5. The van der Waals surface area contributed by atoms with E-state index in [9.17, 15) is 44.4 Å². The highest BCUT2D eigenvalue weighted by Gasteiger charge is 2.60. The first-order chi connectivity index (χ1) is 13.6. The highest BCUT2D eigenvalue weighted by Crippen LogP contribution is 2.39. The molecule has 0 fully saturated rings. The number of carbonyl (C=O) groups is 5. The number of nitrogens with two attached hydrogens (primary N) is 4. The van der Waals surface area contributed by atoms with Gasteiger partial charge in [0.05, 0.1) is 37.8 Å². The van der Waals surface area contributed by atoms with Gasteiger partial charge in [-0.25, -0.2) is 0 Å². The maximum Gasteiger partial charge on any atom is 0.317 e. The van der Waals surface area contributed by atoms with Gasteiger partial charge in [0.25, 0.3) is 0 Å². The summed E-state index contributed by atoms with van der Waals surface area (Å²) in [5.41, 5.74) is 6.32. The molecule has 0 aromatic heterocycles. The number of hydrogen-bond acceptors (Lipinski definition) is 11. The van der Waals surface area contributed by atoms with E-state index in [2.05, 4.69) is 0 Å². The Kier molecular flexibility index (Phi) is 9.73. The average molecular weight is 438 g/mol. The van der Waals surface area contributed by atoms with Crippen molar-refractivity contribution in [3.05, 3.63) is 0 Å². The summed E-state index contributed by atoms with van der Waals surface area (Å²) in [7, 11) is 0. The van der Waals surface area contributed by atoms with E-state index < -0.39 is 85.9 Å². The molecule has 0 saturated carbocycles. The molecule has 0 radical (unpaired) electrons. The summed E-state index contributed by atoms with van der Waals surface area (Å²) >= 11 is 0. The van der Waals surface area contributed by atoms with Gasteiger partial charge in [-0.3, -0.25) is 40.6 Å². The van der Waals surface area contributed by atoms with Crippen molar-refractivity contribution in [3.63, 3.8) is 0 Å². The molecule has 0 bridgehead atoms. The predicted octanol–water partition coefficient (Wildman–Crippen LogP) is -3.96. The summed E-state index contributed by atoms with van der Waals surface area (Å²) in [6.07, 6.45) is -4.57. The topological polar surface area (TPSA) is 297 Å². The summed E-state index contributed by atoms with van der Waals surface area (Å²) in [6, 6.07) is -1.46. The molecule has 0 aromatic carbocycles. The fourth-order valence-electron chi connectivity index (χ4n) is 3.35. The zero-order valence-corrected chi connectivity index (χ0v) is 15.8. The van der Waals surface area contributed by atoms with Crippen LogP contribution in [-0.4, -0.2) is 95.7 Å². The van der Waals surface area contributed by atoms with Crippen molar-refractivity contribution in [2.75, 3.05) is 13.1 Å². The molecule has 0 amide bonds. The second kappa shape index (κ2) is 10.8. The molecule has 2 atom stereocenters. The highest BCUT2D eigenvalue weighted by molar-refractivity contribution is 5.77. The summed E-state index contributed by atoms with van der Waals surface area (Å²) < 4.78 is 0. The number of nitrogens with zero attached hydrogens (tertiary/aromatic N) is 2. The van der Waals surface area contributed by atoms with Crippen LogP contribution in [0, 0.1) is 0 Å². The Hall–Kier alpha value is -2.89. The maximum atomic E-state index is 11.7. The van der Waals surface area contributed by atoms with E-state index >= 15 is 0 Å². The normalized spacial score (nSPS) is 14.9. The van der Waals surface area contributed by atoms with E-state index in [1.54, 1.807) is 0 Å². The van der Waals surface area contributed by atoms with Crippen molar-refractivity contribution < 1.29 is 49.5 Å². The molecule has 0 aliphatic rings. The predicted molar refractivity (Wildman–Crippen MR) is 96.1 cm³/mol. The lowest BCUT2D eigenvalue weighted by Gasteiger charge is -2.56. The number of hydrazine groups is 2. The fourth-order valence-corrected chi connectivity index (χ4v) is 3.35. The van der Waals surface area contributed by atoms with Gasteiger partial charge in [0.2, 0.25) is 0 Å². The third-order valence-corrected chi connectivity index (χ3v) is 4.55. The first kappa shape index (κ1) is 27.1. The van der Waals surface area contributed by atoms with Crippen LogP contribution in [0.15, 0.2) is 0 Å². The monoisotopic (exact) mass is 438 g/mol. The third-order valence-electron chi connectivity index (χ3n) is 4.55. The van der Waals surface area contributed by atoms with Crippen molar-refractivity contribution >= 4 is 29.8 Å². The molecule has 30 heavy (non-hydrogen) atoms. The van der Waals surface area contributed by atoms with E-state index in [1.165, 1.54) is 0 Å². The molecular weight excluding hydrogens is 412 g/mol. The zero-order valence-electron chi connectivity index (χ0n) is 15.8. The van der Waals surface area contributed by atoms with Gasteiger partial charge in [0, 0.05) is 12.6 Å². The minimum atomic E-state index is -2.68. The fraction of sp³-hybridized carbons (Fsp3) is 0.643. The molecule has 16 heteroatoms. The van der Waals surface area contributed by atoms with Crippen LogP contribution in [0.2, 0.25) is 0 Å². The summed E-state index contributed by atoms with van der Waals surface area (Å²) in [5, 5.41) is 46.7. The molecule has 0 aliphatic carbocycles. The van der Waals surface area contributed by atoms with Crippen molar-refractivity contribution in [3.8, 4) is 0 Å².